The number of alkyl halides is 1. The number of carbonyl (C=O) groups is 1. The van der Waals surface area contributed by atoms with Crippen LogP contribution in [0.15, 0.2) is 12.3 Å². The maximum Gasteiger partial charge on any atom is 0.221 e. The number of imidazole rings is 1. The third-order valence-electron chi connectivity index (χ3n) is 2.96. The molecule has 1 N–H and O–H groups in total. The van der Waals surface area contributed by atoms with Gasteiger partial charge >= 0.3 is 0 Å². The third-order valence-corrected chi connectivity index (χ3v) is 3.15. The molecule has 0 saturated carbocycles. The Bertz CT molecular complexity index is 594. The minimum absolute atomic E-state index is 0.00536. The molecule has 0 aliphatic rings. The van der Waals surface area contributed by atoms with Crippen molar-refractivity contribution in [2.75, 3.05) is 12.9 Å². The van der Waals surface area contributed by atoms with Crippen molar-refractivity contribution in [2.24, 2.45) is 0 Å². The molecule has 5 nitrogen and oxygen atoms in total. The van der Waals surface area contributed by atoms with E-state index in [1.54, 1.807) is 7.05 Å². The number of aromatic nitrogens is 3. The molecule has 0 atom stereocenters. The molecule has 0 fully saturated rings. The molecule has 6 heteroatoms. The summed E-state index contributed by atoms with van der Waals surface area (Å²) in [6, 6.07) is 2.00. The molecule has 19 heavy (non-hydrogen) atoms. The fourth-order valence-corrected chi connectivity index (χ4v) is 2.18. The van der Waals surface area contributed by atoms with E-state index in [1.165, 1.54) is 0 Å². The van der Waals surface area contributed by atoms with Crippen LogP contribution in [0.25, 0.3) is 11.2 Å². The van der Waals surface area contributed by atoms with E-state index >= 15 is 0 Å². The summed E-state index contributed by atoms with van der Waals surface area (Å²) in [5, 5.41) is 2.62. The van der Waals surface area contributed by atoms with Crippen LogP contribution in [0, 0.1) is 6.92 Å². The molecule has 0 aliphatic heterocycles. The Hall–Kier alpha value is -1.62. The van der Waals surface area contributed by atoms with E-state index in [4.69, 9.17) is 11.6 Å². The lowest BCUT2D eigenvalue weighted by Crippen LogP contribution is -2.20. The SMILES string of the molecule is CNC(=O)CCn1c(CCCl)nc2cc(C)cnc21. The van der Waals surface area contributed by atoms with Crippen molar-refractivity contribution in [3.05, 3.63) is 23.7 Å². The maximum absolute atomic E-state index is 11.4. The average Bonchev–Trinajstić information content (AvgIpc) is 2.73. The number of halogens is 1. The van der Waals surface area contributed by atoms with E-state index in [0.717, 1.165) is 22.6 Å². The van der Waals surface area contributed by atoms with Crippen molar-refractivity contribution in [1.82, 2.24) is 19.9 Å². The summed E-state index contributed by atoms with van der Waals surface area (Å²) in [4.78, 5) is 20.3. The molecule has 0 radical (unpaired) electrons. The molecule has 0 saturated heterocycles. The Kier molecular flexibility index (Phi) is 4.37. The van der Waals surface area contributed by atoms with Crippen molar-refractivity contribution < 1.29 is 4.79 Å². The average molecular weight is 281 g/mol. The summed E-state index contributed by atoms with van der Waals surface area (Å²) in [6.45, 7) is 2.55. The second-order valence-corrected chi connectivity index (χ2v) is 4.78. The third kappa shape index (κ3) is 3.04. The number of rotatable bonds is 5. The molecule has 0 aromatic carbocycles. The Morgan fingerprint density at radius 2 is 2.32 bits per heavy atom. The number of hydrogen-bond donors (Lipinski definition) is 1. The lowest BCUT2D eigenvalue weighted by atomic mass is 10.3. The van der Waals surface area contributed by atoms with Gasteiger partial charge < -0.3 is 9.88 Å². The minimum Gasteiger partial charge on any atom is -0.359 e. The number of nitrogens with zero attached hydrogens (tertiary/aromatic N) is 3. The number of pyridine rings is 1. The summed E-state index contributed by atoms with van der Waals surface area (Å²) in [5.74, 6) is 1.39. The fourth-order valence-electron chi connectivity index (χ4n) is 2.01. The molecular formula is C13H17ClN4O. The molecule has 2 aromatic rings. The first-order valence-electron chi connectivity index (χ1n) is 6.24. The first kappa shape index (κ1) is 13.8. The zero-order valence-corrected chi connectivity index (χ0v) is 11.9. The van der Waals surface area contributed by atoms with Crippen LogP contribution >= 0.6 is 11.6 Å². The van der Waals surface area contributed by atoms with Crippen molar-refractivity contribution in [2.45, 2.75) is 26.3 Å². The standard InChI is InChI=1S/C13H17ClN4O/c1-9-7-10-13(16-8-9)18(6-4-12(19)15-2)11(17-10)3-5-14/h7-8H,3-6H2,1-2H3,(H,15,19). The van der Waals surface area contributed by atoms with Gasteiger partial charge in [-0.3, -0.25) is 4.79 Å². The summed E-state index contributed by atoms with van der Waals surface area (Å²) in [5.41, 5.74) is 2.74. The molecular weight excluding hydrogens is 264 g/mol. The van der Waals surface area contributed by atoms with Crippen LogP contribution in [0.1, 0.15) is 17.8 Å². The Balaban J connectivity index is 2.37. The summed E-state index contributed by atoms with van der Waals surface area (Å²) in [7, 11) is 1.63. The maximum atomic E-state index is 11.4. The molecule has 2 aromatic heterocycles. The van der Waals surface area contributed by atoms with Crippen molar-refractivity contribution >= 4 is 28.7 Å². The van der Waals surface area contributed by atoms with Gasteiger partial charge in [0, 0.05) is 38.5 Å². The van der Waals surface area contributed by atoms with Gasteiger partial charge in [0.15, 0.2) is 5.65 Å². The first-order valence-corrected chi connectivity index (χ1v) is 6.77. The number of aryl methyl sites for hydroxylation is 3. The highest BCUT2D eigenvalue weighted by molar-refractivity contribution is 6.17. The van der Waals surface area contributed by atoms with Gasteiger partial charge in [0.1, 0.15) is 11.3 Å². The lowest BCUT2D eigenvalue weighted by molar-refractivity contribution is -0.120. The zero-order chi connectivity index (χ0) is 13.8. The van der Waals surface area contributed by atoms with E-state index in [9.17, 15) is 4.79 Å². The van der Waals surface area contributed by atoms with Gasteiger partial charge in [0.25, 0.3) is 0 Å². The summed E-state index contributed by atoms with van der Waals surface area (Å²) in [6.07, 6.45) is 2.89. The van der Waals surface area contributed by atoms with Crippen LogP contribution in [0.2, 0.25) is 0 Å². The summed E-state index contributed by atoms with van der Waals surface area (Å²) >= 11 is 5.80. The highest BCUT2D eigenvalue weighted by atomic mass is 35.5. The minimum atomic E-state index is 0.00536. The van der Waals surface area contributed by atoms with Crippen LogP contribution < -0.4 is 5.32 Å². The number of carbonyl (C=O) groups excluding carboxylic acids is 1. The molecule has 2 heterocycles. The predicted molar refractivity (Wildman–Crippen MR) is 75.4 cm³/mol. The zero-order valence-electron chi connectivity index (χ0n) is 11.1. The van der Waals surface area contributed by atoms with Gasteiger partial charge in [-0.2, -0.15) is 0 Å². The predicted octanol–water partition coefficient (Wildman–Crippen LogP) is 1.66. The van der Waals surface area contributed by atoms with E-state index in [0.29, 0.717) is 25.3 Å². The second-order valence-electron chi connectivity index (χ2n) is 4.40. The van der Waals surface area contributed by atoms with E-state index < -0.39 is 0 Å². The fraction of sp³-hybridized carbons (Fsp3) is 0.462. The molecule has 0 bridgehead atoms. The van der Waals surface area contributed by atoms with Crippen molar-refractivity contribution in [1.29, 1.82) is 0 Å². The van der Waals surface area contributed by atoms with Gasteiger partial charge in [-0.05, 0) is 18.6 Å². The Morgan fingerprint density at radius 1 is 1.53 bits per heavy atom. The lowest BCUT2D eigenvalue weighted by Gasteiger charge is -2.07. The van der Waals surface area contributed by atoms with Crippen LogP contribution in [0.5, 0.6) is 0 Å². The van der Waals surface area contributed by atoms with Crippen LogP contribution in [-0.2, 0) is 17.8 Å². The van der Waals surface area contributed by atoms with Crippen molar-refractivity contribution in [3.63, 3.8) is 0 Å². The van der Waals surface area contributed by atoms with Gasteiger partial charge in [-0.15, -0.1) is 11.6 Å². The molecule has 1 amide bonds. The van der Waals surface area contributed by atoms with Gasteiger partial charge in [-0.1, -0.05) is 0 Å². The summed E-state index contributed by atoms with van der Waals surface area (Å²) < 4.78 is 1.98. The van der Waals surface area contributed by atoms with E-state index in [-0.39, 0.29) is 5.91 Å². The van der Waals surface area contributed by atoms with Crippen LogP contribution in [0.3, 0.4) is 0 Å². The van der Waals surface area contributed by atoms with Crippen molar-refractivity contribution in [3.8, 4) is 0 Å². The first-order chi connectivity index (χ1) is 9.15. The van der Waals surface area contributed by atoms with Gasteiger partial charge in [-0.25, -0.2) is 9.97 Å². The van der Waals surface area contributed by atoms with E-state index in [1.807, 2.05) is 23.8 Å². The molecule has 102 valence electrons. The topological polar surface area (TPSA) is 59.8 Å². The molecule has 0 unspecified atom stereocenters. The second kappa shape index (κ2) is 6.02. The van der Waals surface area contributed by atoms with Gasteiger partial charge in [0.2, 0.25) is 5.91 Å². The largest absolute Gasteiger partial charge is 0.359 e. The van der Waals surface area contributed by atoms with E-state index in [2.05, 4.69) is 15.3 Å². The quantitative estimate of drug-likeness (QED) is 0.848. The van der Waals surface area contributed by atoms with Crippen LogP contribution in [-0.4, -0.2) is 33.4 Å². The molecule has 0 aliphatic carbocycles. The number of fused-ring (bicyclic) bond motifs is 1. The normalized spacial score (nSPS) is 10.9. The highest BCUT2D eigenvalue weighted by Crippen LogP contribution is 2.16. The Labute approximate surface area is 117 Å². The molecule has 0 spiro atoms. The monoisotopic (exact) mass is 280 g/mol. The van der Waals surface area contributed by atoms with Crippen LogP contribution in [0.4, 0.5) is 0 Å². The number of amides is 1. The smallest absolute Gasteiger partial charge is 0.221 e. The Morgan fingerprint density at radius 3 is 3.00 bits per heavy atom. The molecule has 2 rings (SSSR count). The number of hydrogen-bond acceptors (Lipinski definition) is 3. The van der Waals surface area contributed by atoms with Gasteiger partial charge in [0.05, 0.1) is 0 Å². The highest BCUT2D eigenvalue weighted by Gasteiger charge is 2.12. The number of nitrogens with one attached hydrogen (secondary N) is 1.